The lowest BCUT2D eigenvalue weighted by atomic mass is 9.80. The number of ether oxygens (including phenoxy) is 2. The van der Waals surface area contributed by atoms with Crippen molar-refractivity contribution < 1.29 is 19.7 Å². The fourth-order valence-corrected chi connectivity index (χ4v) is 4.58. The number of hydrogen-bond donors (Lipinski definition) is 2. The molecule has 146 valence electrons. The van der Waals surface area contributed by atoms with Gasteiger partial charge >= 0.3 is 0 Å². The number of aromatic hydroxyl groups is 2. The minimum atomic E-state index is -0.106. The summed E-state index contributed by atoms with van der Waals surface area (Å²) in [6.45, 7) is 9.15. The number of fused-ring (bicyclic) bond motifs is 4. The monoisotopic (exact) mass is 379 g/mol. The van der Waals surface area contributed by atoms with Gasteiger partial charge in [0, 0.05) is 23.4 Å². The first-order valence-corrected chi connectivity index (χ1v) is 9.32. The number of hydrogen-bond acceptors (Lipinski definition) is 5. The van der Waals surface area contributed by atoms with Crippen LogP contribution in [0.25, 0.3) is 11.3 Å². The van der Waals surface area contributed by atoms with Crippen LogP contribution in [-0.4, -0.2) is 35.9 Å². The highest BCUT2D eigenvalue weighted by Crippen LogP contribution is 2.53. The molecule has 2 aliphatic rings. The van der Waals surface area contributed by atoms with Crippen LogP contribution < -0.4 is 9.47 Å². The van der Waals surface area contributed by atoms with Crippen LogP contribution in [0.15, 0.2) is 36.4 Å². The number of nitrogens with zero attached hydrogens (tertiary/aromatic N) is 1. The van der Waals surface area contributed by atoms with Gasteiger partial charge in [-0.3, -0.25) is 0 Å². The van der Waals surface area contributed by atoms with E-state index in [1.54, 1.807) is 26.4 Å². The average molecular weight is 379 g/mol. The minimum absolute atomic E-state index is 0.0668. The quantitative estimate of drug-likeness (QED) is 0.608. The van der Waals surface area contributed by atoms with E-state index in [2.05, 4.69) is 24.5 Å². The van der Waals surface area contributed by atoms with Crippen molar-refractivity contribution in [3.05, 3.63) is 58.7 Å². The van der Waals surface area contributed by atoms with E-state index in [1.807, 2.05) is 13.0 Å². The maximum absolute atomic E-state index is 10.1. The standard InChI is InChI=1S/C23H25NO4/c1-12(2)21-20-15(6-7-19(27-4)23(20)28-5)13(3)22-16-11-18(26)17(25)10-14(16)8-9-24(21)22/h6-7,10-11,21,25-26H,1,8-9H2,2-5H3. The number of rotatable bonds is 3. The fraction of sp³-hybridized carbons (Fsp3) is 0.304. The number of phenols is 2. The third-order valence-corrected chi connectivity index (χ3v) is 5.76. The first-order chi connectivity index (χ1) is 13.4. The van der Waals surface area contributed by atoms with E-state index in [9.17, 15) is 10.2 Å². The van der Waals surface area contributed by atoms with E-state index < -0.39 is 0 Å². The van der Waals surface area contributed by atoms with Crippen LogP contribution >= 0.6 is 0 Å². The van der Waals surface area contributed by atoms with Crippen LogP contribution in [0.4, 0.5) is 0 Å². The lowest BCUT2D eigenvalue weighted by Crippen LogP contribution is -2.37. The molecule has 1 atom stereocenters. The predicted octanol–water partition coefficient (Wildman–Crippen LogP) is 4.49. The lowest BCUT2D eigenvalue weighted by molar-refractivity contribution is 0.301. The van der Waals surface area contributed by atoms with Gasteiger partial charge in [0.2, 0.25) is 0 Å². The van der Waals surface area contributed by atoms with Crippen LogP contribution in [0.3, 0.4) is 0 Å². The van der Waals surface area contributed by atoms with Crippen molar-refractivity contribution in [2.24, 2.45) is 0 Å². The van der Waals surface area contributed by atoms with Gasteiger partial charge in [0.25, 0.3) is 0 Å². The summed E-state index contributed by atoms with van der Waals surface area (Å²) in [6.07, 6.45) is 0.769. The van der Waals surface area contributed by atoms with E-state index in [0.29, 0.717) is 5.75 Å². The Bertz CT molecular complexity index is 1020. The van der Waals surface area contributed by atoms with Gasteiger partial charge in [-0.25, -0.2) is 0 Å². The maximum Gasteiger partial charge on any atom is 0.166 e. The first-order valence-electron chi connectivity index (χ1n) is 9.32. The highest BCUT2D eigenvalue weighted by molar-refractivity contribution is 5.95. The molecule has 0 saturated heterocycles. The number of allylic oxidation sites excluding steroid dienone is 1. The van der Waals surface area contributed by atoms with Crippen LogP contribution in [0.1, 0.15) is 42.1 Å². The molecule has 0 bridgehead atoms. The molecule has 4 rings (SSSR count). The average Bonchev–Trinajstić information content (AvgIpc) is 2.67. The van der Waals surface area contributed by atoms with Crippen LogP contribution in [-0.2, 0) is 6.42 Å². The van der Waals surface area contributed by atoms with Gasteiger partial charge < -0.3 is 24.6 Å². The number of phenolic OH excluding ortho intramolecular Hbond substituents is 2. The van der Waals surface area contributed by atoms with Crippen molar-refractivity contribution in [2.75, 3.05) is 20.8 Å². The molecule has 2 aliphatic heterocycles. The van der Waals surface area contributed by atoms with E-state index in [4.69, 9.17) is 9.47 Å². The highest BCUT2D eigenvalue weighted by Gasteiger charge is 2.38. The van der Waals surface area contributed by atoms with Crippen molar-refractivity contribution in [1.82, 2.24) is 4.90 Å². The molecule has 5 heteroatoms. The second-order valence-corrected chi connectivity index (χ2v) is 7.43. The molecule has 0 aliphatic carbocycles. The van der Waals surface area contributed by atoms with Gasteiger partial charge in [0.1, 0.15) is 0 Å². The summed E-state index contributed by atoms with van der Waals surface area (Å²) in [6, 6.07) is 7.24. The molecule has 28 heavy (non-hydrogen) atoms. The second-order valence-electron chi connectivity index (χ2n) is 7.43. The van der Waals surface area contributed by atoms with Crippen molar-refractivity contribution in [3.8, 4) is 23.0 Å². The largest absolute Gasteiger partial charge is 0.504 e. The smallest absolute Gasteiger partial charge is 0.166 e. The molecule has 2 aromatic rings. The second kappa shape index (κ2) is 6.51. The van der Waals surface area contributed by atoms with E-state index in [0.717, 1.165) is 57.8 Å². The Morgan fingerprint density at radius 1 is 1.11 bits per heavy atom. The summed E-state index contributed by atoms with van der Waals surface area (Å²) < 4.78 is 11.3. The molecule has 0 radical (unpaired) electrons. The minimum Gasteiger partial charge on any atom is -0.504 e. The molecule has 0 aromatic heterocycles. The Kier molecular flexibility index (Phi) is 4.26. The summed E-state index contributed by atoms with van der Waals surface area (Å²) in [7, 11) is 3.30. The van der Waals surface area contributed by atoms with Gasteiger partial charge in [-0.15, -0.1) is 0 Å². The van der Waals surface area contributed by atoms with Gasteiger partial charge in [0.15, 0.2) is 23.0 Å². The molecule has 1 unspecified atom stereocenters. The Balaban J connectivity index is 2.06. The molecule has 5 nitrogen and oxygen atoms in total. The molecule has 2 N–H and O–H groups in total. The molecule has 0 amide bonds. The normalized spacial score (nSPS) is 17.6. The number of benzene rings is 2. The summed E-state index contributed by atoms with van der Waals surface area (Å²) in [4.78, 5) is 2.32. The van der Waals surface area contributed by atoms with Crippen molar-refractivity contribution in [3.63, 3.8) is 0 Å². The third kappa shape index (κ3) is 2.46. The predicted molar refractivity (Wildman–Crippen MR) is 110 cm³/mol. The Hall–Kier alpha value is -3.08. The van der Waals surface area contributed by atoms with E-state index in [1.165, 1.54) is 0 Å². The van der Waals surface area contributed by atoms with E-state index >= 15 is 0 Å². The van der Waals surface area contributed by atoms with Crippen molar-refractivity contribution in [1.29, 1.82) is 0 Å². The van der Waals surface area contributed by atoms with Crippen molar-refractivity contribution >= 4 is 11.3 Å². The molecule has 0 spiro atoms. The topological polar surface area (TPSA) is 62.2 Å². The lowest BCUT2D eigenvalue weighted by Gasteiger charge is -2.45. The zero-order chi connectivity index (χ0) is 20.2. The van der Waals surface area contributed by atoms with Gasteiger partial charge in [-0.05, 0) is 55.2 Å². The zero-order valence-electron chi connectivity index (χ0n) is 16.7. The summed E-state index contributed by atoms with van der Waals surface area (Å²) in [5.74, 6) is 1.24. The highest BCUT2D eigenvalue weighted by atomic mass is 16.5. The van der Waals surface area contributed by atoms with Gasteiger partial charge in [0.05, 0.1) is 20.3 Å². The summed E-state index contributed by atoms with van der Waals surface area (Å²) >= 11 is 0. The number of methoxy groups -OCH3 is 2. The van der Waals surface area contributed by atoms with Crippen molar-refractivity contribution in [2.45, 2.75) is 26.3 Å². The zero-order valence-corrected chi connectivity index (χ0v) is 16.7. The Morgan fingerprint density at radius 2 is 1.82 bits per heavy atom. The Labute approximate surface area is 165 Å². The fourth-order valence-electron chi connectivity index (χ4n) is 4.58. The Morgan fingerprint density at radius 3 is 2.46 bits per heavy atom. The van der Waals surface area contributed by atoms with Crippen LogP contribution in [0, 0.1) is 0 Å². The third-order valence-electron chi connectivity index (χ3n) is 5.76. The van der Waals surface area contributed by atoms with Gasteiger partial charge in [-0.2, -0.15) is 0 Å². The van der Waals surface area contributed by atoms with E-state index in [-0.39, 0.29) is 17.5 Å². The summed E-state index contributed by atoms with van der Waals surface area (Å²) in [5.41, 5.74) is 7.28. The molecule has 2 aromatic carbocycles. The molecule has 0 fully saturated rings. The maximum atomic E-state index is 10.1. The molecule has 2 heterocycles. The first kappa shape index (κ1) is 18.3. The van der Waals surface area contributed by atoms with Crippen LogP contribution in [0.2, 0.25) is 0 Å². The van der Waals surface area contributed by atoms with Gasteiger partial charge in [-0.1, -0.05) is 18.2 Å². The SMILES string of the molecule is C=C(C)C1c2c(ccc(OC)c2OC)C(C)=C2c3cc(O)c(O)cc3CCN21. The molecule has 0 saturated carbocycles. The van der Waals surface area contributed by atoms with Crippen LogP contribution in [0.5, 0.6) is 23.0 Å². The molecular formula is C23H25NO4. The molecular weight excluding hydrogens is 354 g/mol. The summed E-state index contributed by atoms with van der Waals surface area (Å²) in [5, 5.41) is 20.1.